The molecule has 0 spiro atoms. The fourth-order valence-corrected chi connectivity index (χ4v) is 7.52. The molecule has 0 saturated carbocycles. The zero-order valence-electron chi connectivity index (χ0n) is 28.0. The van der Waals surface area contributed by atoms with Crippen molar-refractivity contribution in [1.82, 2.24) is 9.55 Å². The largest absolute Gasteiger partial charge is 0.393 e. The van der Waals surface area contributed by atoms with Gasteiger partial charge in [-0.25, -0.2) is 4.98 Å². The molecule has 8 aromatic carbocycles. The number of nitrogens with zero attached hydrogens (tertiary/aromatic N) is 2. The summed E-state index contributed by atoms with van der Waals surface area (Å²) < 4.78 is 42.1. The summed E-state index contributed by atoms with van der Waals surface area (Å²) in [4.78, 5) is 4.92. The molecule has 0 saturated heterocycles. The first kappa shape index (κ1) is 31.5. The minimum Gasteiger partial charge on any atom is -0.292 e. The lowest BCUT2D eigenvalue weighted by molar-refractivity contribution is -0.127. The number of hydrogen-bond donors (Lipinski definition) is 0. The van der Waals surface area contributed by atoms with Gasteiger partial charge in [0, 0.05) is 11.3 Å². The van der Waals surface area contributed by atoms with Crippen molar-refractivity contribution in [2.24, 2.45) is 0 Å². The normalized spacial score (nSPS) is 11.8. The van der Waals surface area contributed by atoms with Crippen LogP contribution >= 0.6 is 0 Å². The highest BCUT2D eigenvalue weighted by Gasteiger charge is 2.28. The molecule has 0 aliphatic heterocycles. The van der Waals surface area contributed by atoms with E-state index < -0.39 is 12.6 Å². The molecular weight excluding hydrogens is 650 g/mol. The Bertz CT molecular complexity index is 2670. The Balaban J connectivity index is 1.24. The van der Waals surface area contributed by atoms with Crippen LogP contribution in [0.4, 0.5) is 13.2 Å². The Morgan fingerprint density at radius 3 is 1.54 bits per heavy atom. The van der Waals surface area contributed by atoms with Crippen molar-refractivity contribution < 1.29 is 13.2 Å². The Kier molecular flexibility index (Phi) is 7.70. The molecule has 0 aliphatic carbocycles. The van der Waals surface area contributed by atoms with Gasteiger partial charge in [0.25, 0.3) is 0 Å². The summed E-state index contributed by atoms with van der Waals surface area (Å²) in [5.41, 5.74) is 10.0. The van der Waals surface area contributed by atoms with Crippen molar-refractivity contribution >= 4 is 32.6 Å². The summed E-state index contributed by atoms with van der Waals surface area (Å²) in [6.45, 7) is 0. The molecule has 0 unspecified atom stereocenters. The van der Waals surface area contributed by atoms with E-state index in [2.05, 4.69) is 114 Å². The number of hydrogen-bond acceptors (Lipinski definition) is 1. The van der Waals surface area contributed by atoms with Crippen LogP contribution in [0, 0.1) is 0 Å². The molecule has 1 aromatic heterocycles. The summed E-state index contributed by atoms with van der Waals surface area (Å²) in [6.07, 6.45) is -5.31. The molecule has 250 valence electrons. The van der Waals surface area contributed by atoms with Crippen LogP contribution < -0.4 is 0 Å². The minimum atomic E-state index is -4.31. The first-order valence-corrected chi connectivity index (χ1v) is 17.2. The number of rotatable bonds is 6. The van der Waals surface area contributed by atoms with Gasteiger partial charge >= 0.3 is 6.18 Å². The van der Waals surface area contributed by atoms with E-state index in [4.69, 9.17) is 4.98 Å². The maximum Gasteiger partial charge on any atom is 0.393 e. The van der Waals surface area contributed by atoms with Gasteiger partial charge in [-0.15, -0.1) is 0 Å². The zero-order valence-corrected chi connectivity index (χ0v) is 28.0. The van der Waals surface area contributed by atoms with Gasteiger partial charge in [0.1, 0.15) is 5.82 Å². The summed E-state index contributed by atoms with van der Waals surface area (Å²) in [5.74, 6) is 0.668. The predicted octanol–water partition coefficient (Wildman–Crippen LogP) is 13.1. The monoisotopic (exact) mass is 680 g/mol. The first-order valence-electron chi connectivity index (χ1n) is 17.2. The third-order valence-corrected chi connectivity index (χ3v) is 9.76. The number of imidazole rings is 1. The average molecular weight is 681 g/mol. The molecule has 2 nitrogen and oxygen atoms in total. The van der Waals surface area contributed by atoms with Crippen LogP contribution in [0.3, 0.4) is 0 Å². The van der Waals surface area contributed by atoms with E-state index in [1.807, 2.05) is 48.5 Å². The molecule has 5 heteroatoms. The van der Waals surface area contributed by atoms with E-state index in [9.17, 15) is 13.2 Å². The van der Waals surface area contributed by atoms with Gasteiger partial charge in [0.15, 0.2) is 0 Å². The van der Waals surface area contributed by atoms with E-state index in [1.165, 1.54) is 16.7 Å². The van der Waals surface area contributed by atoms with E-state index in [0.717, 1.165) is 55.0 Å². The summed E-state index contributed by atoms with van der Waals surface area (Å²) in [6, 6.07) is 59.4. The molecule has 0 bridgehead atoms. The SMILES string of the molecule is FC(F)(F)Cc1ccc2c(c1)nc(-c1ccccc1)n2-c1cccc(-c2c3ccccc3c(-c3ccc(-c4ccccc4)cc3)c3ccccc23)c1. The molecular formula is C47H31F3N2. The van der Waals surface area contributed by atoms with Crippen molar-refractivity contribution in [3.05, 3.63) is 181 Å². The number of benzene rings is 8. The second-order valence-corrected chi connectivity index (χ2v) is 13.1. The smallest absolute Gasteiger partial charge is 0.292 e. The van der Waals surface area contributed by atoms with Crippen LogP contribution in [0.1, 0.15) is 5.56 Å². The van der Waals surface area contributed by atoms with E-state index in [0.29, 0.717) is 11.3 Å². The number of alkyl halides is 3. The third-order valence-electron chi connectivity index (χ3n) is 9.76. The quantitative estimate of drug-likeness (QED) is 0.160. The van der Waals surface area contributed by atoms with Crippen LogP contribution in [0.5, 0.6) is 0 Å². The molecule has 0 aliphatic rings. The lowest BCUT2D eigenvalue weighted by Gasteiger charge is -2.19. The van der Waals surface area contributed by atoms with Gasteiger partial charge in [-0.05, 0) is 84.8 Å². The van der Waals surface area contributed by atoms with Crippen molar-refractivity contribution in [3.63, 3.8) is 0 Å². The standard InChI is InChI=1S/C47H31F3N2/c48-47(49,50)30-31-22-27-43-42(28-31)51-46(35-14-5-2-6-15-35)52(43)37-17-11-16-36(29-37)45-40-20-9-7-18-38(40)44(39-19-8-10-21-41(39)45)34-25-23-33(24-26-34)32-12-3-1-4-13-32/h1-29H,30H2. The van der Waals surface area contributed by atoms with Crippen LogP contribution in [0.15, 0.2) is 176 Å². The fraction of sp³-hybridized carbons (Fsp3) is 0.0426. The van der Waals surface area contributed by atoms with Crippen molar-refractivity contribution in [1.29, 1.82) is 0 Å². The Morgan fingerprint density at radius 2 is 0.942 bits per heavy atom. The third kappa shape index (κ3) is 5.70. The first-order chi connectivity index (χ1) is 25.4. The molecule has 9 rings (SSSR count). The Morgan fingerprint density at radius 1 is 0.442 bits per heavy atom. The van der Waals surface area contributed by atoms with Crippen molar-refractivity contribution in [3.8, 4) is 50.5 Å². The molecule has 0 radical (unpaired) electrons. The topological polar surface area (TPSA) is 17.8 Å². The number of halogens is 3. The van der Waals surface area contributed by atoms with Gasteiger partial charge in [0.2, 0.25) is 0 Å². The molecule has 52 heavy (non-hydrogen) atoms. The second kappa shape index (κ2) is 12.7. The van der Waals surface area contributed by atoms with Crippen molar-refractivity contribution in [2.45, 2.75) is 12.6 Å². The molecule has 1 heterocycles. The molecule has 0 fully saturated rings. The highest BCUT2D eigenvalue weighted by atomic mass is 19.4. The highest BCUT2D eigenvalue weighted by Crippen LogP contribution is 2.44. The highest BCUT2D eigenvalue weighted by molar-refractivity contribution is 6.21. The number of fused-ring (bicyclic) bond motifs is 3. The summed E-state index contributed by atoms with van der Waals surface area (Å²) in [7, 11) is 0. The van der Waals surface area contributed by atoms with Gasteiger partial charge in [-0.1, -0.05) is 152 Å². The molecule has 9 aromatic rings. The average Bonchev–Trinajstić information content (AvgIpc) is 3.56. The molecule has 0 atom stereocenters. The van der Waals surface area contributed by atoms with Crippen LogP contribution in [-0.2, 0) is 6.42 Å². The lowest BCUT2D eigenvalue weighted by atomic mass is 9.85. The number of aromatic nitrogens is 2. The lowest BCUT2D eigenvalue weighted by Crippen LogP contribution is -2.11. The second-order valence-electron chi connectivity index (χ2n) is 13.1. The van der Waals surface area contributed by atoms with Gasteiger partial charge in [0.05, 0.1) is 17.5 Å². The molecule has 0 amide bonds. The summed E-state index contributed by atoms with van der Waals surface area (Å²) in [5, 5.41) is 4.58. The fourth-order valence-electron chi connectivity index (χ4n) is 7.52. The summed E-state index contributed by atoms with van der Waals surface area (Å²) >= 11 is 0. The maximum atomic E-state index is 13.4. The minimum absolute atomic E-state index is 0.186. The Hall–Kier alpha value is -6.46. The van der Waals surface area contributed by atoms with Crippen LogP contribution in [-0.4, -0.2) is 15.7 Å². The van der Waals surface area contributed by atoms with Crippen LogP contribution in [0.25, 0.3) is 83.0 Å². The van der Waals surface area contributed by atoms with E-state index >= 15 is 0 Å². The van der Waals surface area contributed by atoms with Gasteiger partial charge in [-0.2, -0.15) is 13.2 Å². The zero-order chi connectivity index (χ0) is 35.2. The van der Waals surface area contributed by atoms with E-state index in [1.54, 1.807) is 18.2 Å². The van der Waals surface area contributed by atoms with Crippen molar-refractivity contribution in [2.75, 3.05) is 0 Å². The van der Waals surface area contributed by atoms with Gasteiger partial charge < -0.3 is 0 Å². The molecule has 0 N–H and O–H groups in total. The van der Waals surface area contributed by atoms with Crippen LogP contribution in [0.2, 0.25) is 0 Å². The van der Waals surface area contributed by atoms with Gasteiger partial charge in [-0.3, -0.25) is 4.57 Å². The Labute approximate surface area is 299 Å². The maximum absolute atomic E-state index is 13.4. The predicted molar refractivity (Wildman–Crippen MR) is 208 cm³/mol. The van der Waals surface area contributed by atoms with E-state index in [-0.39, 0.29) is 5.56 Å².